The highest BCUT2D eigenvalue weighted by molar-refractivity contribution is 7.09. The van der Waals surface area contributed by atoms with E-state index in [-0.39, 0.29) is 37.9 Å². The van der Waals surface area contributed by atoms with Gasteiger partial charge in [-0.15, -0.1) is 11.3 Å². The van der Waals surface area contributed by atoms with E-state index < -0.39 is 88.5 Å². The van der Waals surface area contributed by atoms with Crippen LogP contribution in [0, 0.1) is 16.7 Å². The molecule has 0 saturated carbocycles. The number of esters is 1. The standard InChI is InChI=1S/C46H64N8O8S/c1-27(2)35-41(58)54-37(45(4,5)6)39(48-24-33(55)49-32(40(57)51-35)26-62-25-29-17-13-11-14-18-29)53-38(46(7,8)9)43(60)52-36(28(3)30-19-15-12-16-20-30)42(59)50-31(23-34(56)61-10)44-47-21-22-63-44/h11-22,27-28,31-32,35-38H,23-26H2,1-10H3,(H,48,53)(H,49,55)(H,50,59)(H,51,57)(H,52,60)(H,54,58)/t28-,31+,32-,35-,36-,37+,38+/m0/s1. The summed E-state index contributed by atoms with van der Waals surface area (Å²) in [5.74, 6) is -4.12. The van der Waals surface area contributed by atoms with Crippen LogP contribution in [0.5, 0.6) is 0 Å². The minimum Gasteiger partial charge on any atom is -0.469 e. The van der Waals surface area contributed by atoms with Gasteiger partial charge in [-0.2, -0.15) is 0 Å². The normalized spacial score (nSPS) is 20.3. The first-order valence-electron chi connectivity index (χ1n) is 21.1. The van der Waals surface area contributed by atoms with Gasteiger partial charge in [0.25, 0.3) is 0 Å². The number of amides is 5. The van der Waals surface area contributed by atoms with E-state index in [2.05, 4.69) is 36.9 Å². The first kappa shape index (κ1) is 50.0. The van der Waals surface area contributed by atoms with Crippen molar-refractivity contribution in [3.63, 3.8) is 0 Å². The number of carbonyl (C=O) groups is 6. The molecule has 1 fully saturated rings. The molecule has 0 bridgehead atoms. The van der Waals surface area contributed by atoms with Crippen molar-refractivity contribution in [2.24, 2.45) is 21.7 Å². The van der Waals surface area contributed by atoms with E-state index in [1.165, 1.54) is 18.4 Å². The molecule has 1 saturated heterocycles. The molecule has 2 heterocycles. The van der Waals surface area contributed by atoms with E-state index in [1.807, 2.05) is 109 Å². The van der Waals surface area contributed by atoms with Crippen LogP contribution in [-0.2, 0) is 44.8 Å². The second kappa shape index (κ2) is 22.6. The van der Waals surface area contributed by atoms with Gasteiger partial charge < -0.3 is 41.4 Å². The van der Waals surface area contributed by atoms with Crippen LogP contribution >= 0.6 is 11.3 Å². The fourth-order valence-electron chi connectivity index (χ4n) is 6.91. The summed E-state index contributed by atoms with van der Waals surface area (Å²) in [6.07, 6.45) is 1.39. The molecule has 7 atom stereocenters. The van der Waals surface area contributed by atoms with E-state index in [9.17, 15) is 28.8 Å². The summed E-state index contributed by atoms with van der Waals surface area (Å²) in [4.78, 5) is 92.6. The number of benzene rings is 2. The zero-order chi connectivity index (χ0) is 46.5. The van der Waals surface area contributed by atoms with Crippen molar-refractivity contribution in [1.29, 1.82) is 0 Å². The predicted octanol–water partition coefficient (Wildman–Crippen LogP) is 3.94. The van der Waals surface area contributed by atoms with Gasteiger partial charge in [-0.3, -0.25) is 33.8 Å². The smallest absolute Gasteiger partial charge is 0.308 e. The second-order valence-electron chi connectivity index (χ2n) is 18.2. The molecule has 2 aromatic carbocycles. The van der Waals surface area contributed by atoms with Gasteiger partial charge in [-0.25, -0.2) is 4.98 Å². The van der Waals surface area contributed by atoms with Gasteiger partial charge in [0.2, 0.25) is 29.5 Å². The molecule has 3 aromatic rings. The van der Waals surface area contributed by atoms with Gasteiger partial charge in [0.15, 0.2) is 0 Å². The largest absolute Gasteiger partial charge is 0.469 e. The third kappa shape index (κ3) is 14.7. The Balaban J connectivity index is 1.73. The van der Waals surface area contributed by atoms with Crippen molar-refractivity contribution in [3.8, 4) is 0 Å². The third-order valence-corrected chi connectivity index (χ3v) is 11.4. The number of ether oxygens (including phenoxy) is 2. The first-order chi connectivity index (χ1) is 29.7. The molecule has 17 heteroatoms. The van der Waals surface area contributed by atoms with Gasteiger partial charge in [0, 0.05) is 17.5 Å². The SMILES string of the molecule is COC(=O)C[C@@H](NC(=O)[C@@H](NC(=O)[C@@H](/N=C1\NCC(=O)N[C@@H](COCc2ccccc2)C(=O)N[C@@H](C(C)C)C(=O)N[C@H]1C(C)(C)C)C(C)(C)C)[C@@H](C)c1ccccc1)c1nccs1. The number of hydrogen-bond donors (Lipinski definition) is 6. The van der Waals surface area contributed by atoms with Crippen LogP contribution in [0.1, 0.15) is 96.8 Å². The fourth-order valence-corrected chi connectivity index (χ4v) is 7.60. The summed E-state index contributed by atoms with van der Waals surface area (Å²) < 4.78 is 10.8. The molecule has 0 radical (unpaired) electrons. The molecule has 6 N–H and O–H groups in total. The van der Waals surface area contributed by atoms with E-state index in [1.54, 1.807) is 25.4 Å². The molecule has 0 aliphatic carbocycles. The lowest BCUT2D eigenvalue weighted by Gasteiger charge is -2.37. The summed E-state index contributed by atoms with van der Waals surface area (Å²) in [6, 6.07) is 12.4. The number of rotatable bonds is 15. The lowest BCUT2D eigenvalue weighted by atomic mass is 9.83. The number of aliphatic imine (C=N–C) groups is 1. The number of carbonyl (C=O) groups excluding carboxylic acids is 6. The number of nitrogens with one attached hydrogen (secondary N) is 6. The van der Waals surface area contributed by atoms with Crippen molar-refractivity contribution >= 4 is 52.7 Å². The average Bonchev–Trinajstić information content (AvgIpc) is 3.78. The topological polar surface area (TPSA) is 218 Å². The molecule has 0 spiro atoms. The van der Waals surface area contributed by atoms with Gasteiger partial charge in [0.1, 0.15) is 35.0 Å². The summed E-state index contributed by atoms with van der Waals surface area (Å²) in [6.45, 7) is 16.2. The fraction of sp³-hybridized carbons (Fsp3) is 0.522. The highest BCUT2D eigenvalue weighted by Crippen LogP contribution is 2.28. The van der Waals surface area contributed by atoms with Crippen molar-refractivity contribution < 1.29 is 38.2 Å². The predicted molar refractivity (Wildman–Crippen MR) is 241 cm³/mol. The van der Waals surface area contributed by atoms with Crippen LogP contribution < -0.4 is 31.9 Å². The third-order valence-electron chi connectivity index (χ3n) is 10.6. The summed E-state index contributed by atoms with van der Waals surface area (Å²) >= 11 is 1.27. The minimum atomic E-state index is -1.18. The summed E-state index contributed by atoms with van der Waals surface area (Å²) in [5, 5.41) is 19.9. The number of amidine groups is 1. The van der Waals surface area contributed by atoms with Crippen molar-refractivity contribution in [2.45, 2.75) is 118 Å². The number of nitrogens with zero attached hydrogens (tertiary/aromatic N) is 2. The molecule has 1 aromatic heterocycles. The van der Waals surface area contributed by atoms with Crippen molar-refractivity contribution in [3.05, 3.63) is 88.4 Å². The number of aromatic nitrogens is 1. The van der Waals surface area contributed by atoms with Crippen LogP contribution in [0.15, 0.2) is 77.2 Å². The number of hydrogen-bond acceptors (Lipinski definition) is 11. The molecule has 1 aliphatic rings. The number of methoxy groups -OCH3 is 1. The van der Waals surface area contributed by atoms with Crippen molar-refractivity contribution in [2.75, 3.05) is 20.3 Å². The molecular weight excluding hydrogens is 825 g/mol. The van der Waals surface area contributed by atoms with Gasteiger partial charge in [-0.05, 0) is 27.9 Å². The lowest BCUT2D eigenvalue weighted by Crippen LogP contribution is -2.63. The maximum absolute atomic E-state index is 14.8. The molecule has 4 rings (SSSR count). The Hall–Kier alpha value is -5.68. The maximum Gasteiger partial charge on any atom is 0.308 e. The summed E-state index contributed by atoms with van der Waals surface area (Å²) in [7, 11) is 1.26. The molecule has 16 nitrogen and oxygen atoms in total. The molecule has 1 aliphatic heterocycles. The monoisotopic (exact) mass is 888 g/mol. The lowest BCUT2D eigenvalue weighted by molar-refractivity contribution is -0.141. The van der Waals surface area contributed by atoms with Crippen molar-refractivity contribution in [1.82, 2.24) is 36.9 Å². The first-order valence-corrected chi connectivity index (χ1v) is 22.0. The number of thiazole rings is 1. The average molecular weight is 889 g/mol. The second-order valence-corrected chi connectivity index (χ2v) is 19.1. The quantitative estimate of drug-likeness (QED) is 0.121. The molecular formula is C46H64N8O8S. The molecule has 63 heavy (non-hydrogen) atoms. The van der Waals surface area contributed by atoms with Crippen LogP contribution in [0.25, 0.3) is 0 Å². The van der Waals surface area contributed by atoms with E-state index in [4.69, 9.17) is 14.5 Å². The van der Waals surface area contributed by atoms with Gasteiger partial charge >= 0.3 is 5.97 Å². The Bertz CT molecular complexity index is 2030. The van der Waals surface area contributed by atoms with Crippen LogP contribution in [-0.4, -0.2) is 96.8 Å². The Morgan fingerprint density at radius 2 is 1.52 bits per heavy atom. The zero-order valence-electron chi connectivity index (χ0n) is 37.9. The zero-order valence-corrected chi connectivity index (χ0v) is 38.8. The highest BCUT2D eigenvalue weighted by atomic mass is 32.1. The Labute approximate surface area is 374 Å². The van der Waals surface area contributed by atoms with Crippen LogP contribution in [0.2, 0.25) is 0 Å². The van der Waals surface area contributed by atoms with E-state index >= 15 is 0 Å². The summed E-state index contributed by atoms with van der Waals surface area (Å²) in [5.41, 5.74) is 0.0333. The van der Waals surface area contributed by atoms with Crippen LogP contribution in [0.4, 0.5) is 0 Å². The maximum atomic E-state index is 14.8. The Morgan fingerprint density at radius 3 is 2.10 bits per heavy atom. The van der Waals surface area contributed by atoms with E-state index in [0.29, 0.717) is 5.01 Å². The van der Waals surface area contributed by atoms with Gasteiger partial charge in [0.05, 0.1) is 45.4 Å². The molecule has 0 unspecified atom stereocenters. The highest BCUT2D eigenvalue weighted by Gasteiger charge is 2.41. The Kier molecular flexibility index (Phi) is 17.9. The minimum absolute atomic E-state index is 0.145. The Morgan fingerprint density at radius 1 is 0.873 bits per heavy atom. The van der Waals surface area contributed by atoms with Gasteiger partial charge in [-0.1, -0.05) is 123 Å². The van der Waals surface area contributed by atoms with Crippen LogP contribution in [0.3, 0.4) is 0 Å². The molecule has 342 valence electrons. The molecule has 5 amide bonds. The van der Waals surface area contributed by atoms with E-state index in [0.717, 1.165) is 11.1 Å².